The molecule has 0 atom stereocenters. The summed E-state index contributed by atoms with van der Waals surface area (Å²) in [6, 6.07) is 9.46. The van der Waals surface area contributed by atoms with E-state index in [1.807, 2.05) is 0 Å². The van der Waals surface area contributed by atoms with Gasteiger partial charge in [-0.1, -0.05) is 0 Å². The topological polar surface area (TPSA) is 66.5 Å². The lowest BCUT2D eigenvalue weighted by Crippen LogP contribution is -2.33. The van der Waals surface area contributed by atoms with Crippen LogP contribution in [-0.4, -0.2) is 31.7 Å². The number of hydrogen-bond acceptors (Lipinski definition) is 3. The Bertz CT molecular complexity index is 883. The highest BCUT2D eigenvalue weighted by molar-refractivity contribution is 9.10. The van der Waals surface area contributed by atoms with Crippen LogP contribution in [-0.2, 0) is 10.0 Å². The van der Waals surface area contributed by atoms with Crippen molar-refractivity contribution in [1.29, 1.82) is 0 Å². The van der Waals surface area contributed by atoms with Gasteiger partial charge in [0.05, 0.1) is 10.5 Å². The monoisotopic (exact) mass is 428 g/mol. The van der Waals surface area contributed by atoms with Crippen molar-refractivity contribution in [1.82, 2.24) is 4.31 Å². The zero-order valence-electron chi connectivity index (χ0n) is 14.0. The maximum Gasteiger partial charge on any atom is 0.256 e. The second-order valence-electron chi connectivity index (χ2n) is 5.72. The van der Waals surface area contributed by atoms with E-state index in [2.05, 4.69) is 21.2 Å². The highest BCUT2D eigenvalue weighted by Gasteiger charge is 2.23. The van der Waals surface area contributed by atoms with Gasteiger partial charge in [-0.05, 0) is 72.2 Å². The summed E-state index contributed by atoms with van der Waals surface area (Å²) in [7, 11) is -2.07. The molecule has 1 amide bonds. The van der Waals surface area contributed by atoms with Crippen LogP contribution in [0.25, 0.3) is 0 Å². The standard InChI is InChI=1S/C17H18BrFN2O3S/c1-11(2)21(3)25(23,24)14-7-5-13(6-8-14)20-17(22)15-10-12(19)4-9-16(15)18/h4-11H,1-3H3,(H,20,22). The normalized spacial score (nSPS) is 11.8. The van der Waals surface area contributed by atoms with Crippen molar-refractivity contribution >= 4 is 37.5 Å². The number of nitrogens with zero attached hydrogens (tertiary/aromatic N) is 1. The van der Waals surface area contributed by atoms with Crippen molar-refractivity contribution in [2.45, 2.75) is 24.8 Å². The number of sulfonamides is 1. The fourth-order valence-electron chi connectivity index (χ4n) is 2.02. The third-order valence-electron chi connectivity index (χ3n) is 3.69. The first-order valence-corrected chi connectivity index (χ1v) is 9.70. The van der Waals surface area contributed by atoms with Gasteiger partial charge in [0.25, 0.3) is 5.91 Å². The van der Waals surface area contributed by atoms with Crippen LogP contribution in [0.15, 0.2) is 51.8 Å². The summed E-state index contributed by atoms with van der Waals surface area (Å²) < 4.78 is 39.8. The molecule has 0 bridgehead atoms. The molecular weight excluding hydrogens is 411 g/mol. The third kappa shape index (κ3) is 4.45. The number of carbonyl (C=O) groups is 1. The fourth-order valence-corrected chi connectivity index (χ4v) is 3.82. The van der Waals surface area contributed by atoms with Gasteiger partial charge in [0.15, 0.2) is 0 Å². The quantitative estimate of drug-likeness (QED) is 0.785. The van der Waals surface area contributed by atoms with Gasteiger partial charge in [0, 0.05) is 23.2 Å². The molecule has 2 aromatic rings. The van der Waals surface area contributed by atoms with Crippen LogP contribution in [0.4, 0.5) is 10.1 Å². The van der Waals surface area contributed by atoms with Crippen LogP contribution in [0.3, 0.4) is 0 Å². The number of carbonyl (C=O) groups excluding carboxylic acids is 1. The van der Waals surface area contributed by atoms with E-state index in [-0.39, 0.29) is 16.5 Å². The lowest BCUT2D eigenvalue weighted by Gasteiger charge is -2.21. The molecule has 2 rings (SSSR count). The first kappa shape index (κ1) is 19.6. The molecule has 0 saturated heterocycles. The SMILES string of the molecule is CC(C)N(C)S(=O)(=O)c1ccc(NC(=O)c2cc(F)ccc2Br)cc1. The number of halogens is 2. The smallest absolute Gasteiger partial charge is 0.256 e. The van der Waals surface area contributed by atoms with E-state index in [9.17, 15) is 17.6 Å². The number of rotatable bonds is 5. The predicted molar refractivity (Wildman–Crippen MR) is 98.6 cm³/mol. The molecule has 0 aromatic heterocycles. The number of anilines is 1. The van der Waals surface area contributed by atoms with E-state index in [0.29, 0.717) is 10.2 Å². The van der Waals surface area contributed by atoms with Gasteiger partial charge in [-0.3, -0.25) is 4.79 Å². The fraction of sp³-hybridized carbons (Fsp3) is 0.235. The van der Waals surface area contributed by atoms with Crippen LogP contribution in [0.2, 0.25) is 0 Å². The van der Waals surface area contributed by atoms with Gasteiger partial charge >= 0.3 is 0 Å². The van der Waals surface area contributed by atoms with Crippen molar-refractivity contribution in [3.63, 3.8) is 0 Å². The largest absolute Gasteiger partial charge is 0.322 e. The Kier molecular flexibility index (Phi) is 5.97. The van der Waals surface area contributed by atoms with E-state index in [4.69, 9.17) is 0 Å². The summed E-state index contributed by atoms with van der Waals surface area (Å²) in [6.45, 7) is 3.56. The summed E-state index contributed by atoms with van der Waals surface area (Å²) in [5.74, 6) is -1.02. The number of amides is 1. The van der Waals surface area contributed by atoms with E-state index in [1.54, 1.807) is 13.8 Å². The minimum atomic E-state index is -3.58. The Hall–Kier alpha value is -1.77. The van der Waals surface area contributed by atoms with Crippen LogP contribution < -0.4 is 5.32 Å². The van der Waals surface area contributed by atoms with Gasteiger partial charge < -0.3 is 5.32 Å². The Morgan fingerprint density at radius 3 is 2.32 bits per heavy atom. The molecule has 5 nitrogen and oxygen atoms in total. The molecule has 0 aliphatic carbocycles. The van der Waals surface area contributed by atoms with Crippen LogP contribution in [0.1, 0.15) is 24.2 Å². The molecule has 134 valence electrons. The van der Waals surface area contributed by atoms with Crippen LogP contribution in [0, 0.1) is 5.82 Å². The summed E-state index contributed by atoms with van der Waals surface area (Å²) in [4.78, 5) is 12.4. The zero-order valence-corrected chi connectivity index (χ0v) is 16.4. The highest BCUT2D eigenvalue weighted by atomic mass is 79.9. The molecule has 25 heavy (non-hydrogen) atoms. The summed E-state index contributed by atoms with van der Waals surface area (Å²) in [5.41, 5.74) is 0.559. The lowest BCUT2D eigenvalue weighted by atomic mass is 10.2. The first-order chi connectivity index (χ1) is 11.6. The van der Waals surface area contributed by atoms with E-state index in [0.717, 1.165) is 6.07 Å². The Labute approximate surface area is 155 Å². The third-order valence-corrected chi connectivity index (χ3v) is 6.43. The predicted octanol–water partition coefficient (Wildman–Crippen LogP) is 3.87. The molecule has 0 aliphatic rings. The van der Waals surface area contributed by atoms with Crippen LogP contribution >= 0.6 is 15.9 Å². The minimum Gasteiger partial charge on any atom is -0.322 e. The molecule has 0 unspecified atom stereocenters. The Balaban J connectivity index is 2.21. The number of nitrogens with one attached hydrogen (secondary N) is 1. The van der Waals surface area contributed by atoms with Crippen molar-refractivity contribution in [3.8, 4) is 0 Å². The summed E-state index contributed by atoms with van der Waals surface area (Å²) in [5, 5.41) is 2.61. The van der Waals surface area contributed by atoms with E-state index < -0.39 is 21.7 Å². The second-order valence-corrected chi connectivity index (χ2v) is 8.57. The van der Waals surface area contributed by atoms with Crippen molar-refractivity contribution in [2.75, 3.05) is 12.4 Å². The average molecular weight is 429 g/mol. The van der Waals surface area contributed by atoms with Crippen molar-refractivity contribution in [3.05, 3.63) is 58.3 Å². The Morgan fingerprint density at radius 2 is 1.76 bits per heavy atom. The van der Waals surface area contributed by atoms with Gasteiger partial charge in [-0.15, -0.1) is 0 Å². The van der Waals surface area contributed by atoms with Gasteiger partial charge in [-0.2, -0.15) is 4.31 Å². The first-order valence-electron chi connectivity index (χ1n) is 7.47. The molecule has 8 heteroatoms. The maximum absolute atomic E-state index is 13.3. The number of benzene rings is 2. The second kappa shape index (κ2) is 7.63. The number of hydrogen-bond donors (Lipinski definition) is 1. The maximum atomic E-state index is 13.3. The van der Waals surface area contributed by atoms with Gasteiger partial charge in [0.1, 0.15) is 5.82 Å². The molecule has 1 N–H and O–H groups in total. The van der Waals surface area contributed by atoms with Crippen LogP contribution in [0.5, 0.6) is 0 Å². The minimum absolute atomic E-state index is 0.133. The zero-order chi connectivity index (χ0) is 18.8. The van der Waals surface area contributed by atoms with E-state index in [1.165, 1.54) is 47.8 Å². The molecule has 0 aliphatic heterocycles. The van der Waals surface area contributed by atoms with E-state index >= 15 is 0 Å². The van der Waals surface area contributed by atoms with Gasteiger partial charge in [0.2, 0.25) is 10.0 Å². The molecule has 2 aromatic carbocycles. The highest BCUT2D eigenvalue weighted by Crippen LogP contribution is 2.22. The van der Waals surface area contributed by atoms with Gasteiger partial charge in [-0.25, -0.2) is 12.8 Å². The molecule has 0 spiro atoms. The molecule has 0 fully saturated rings. The molecule has 0 heterocycles. The lowest BCUT2D eigenvalue weighted by molar-refractivity contribution is 0.102. The molecule has 0 saturated carbocycles. The van der Waals surface area contributed by atoms with Crippen molar-refractivity contribution < 1.29 is 17.6 Å². The Morgan fingerprint density at radius 1 is 1.16 bits per heavy atom. The van der Waals surface area contributed by atoms with Crippen molar-refractivity contribution in [2.24, 2.45) is 0 Å². The average Bonchev–Trinajstić information content (AvgIpc) is 2.56. The molecule has 0 radical (unpaired) electrons. The molecular formula is C17H18BrFN2O3S. The summed E-state index contributed by atoms with van der Waals surface area (Å²) >= 11 is 3.20. The summed E-state index contributed by atoms with van der Waals surface area (Å²) in [6.07, 6.45) is 0.